The highest BCUT2D eigenvalue weighted by molar-refractivity contribution is 4.98. The standard InChI is InChI=1S/C16H31NO/c1-14(9-6-12-17-16(2,3)4)8-5-10-15-11-7-13-18-15/h9,15,17H,5-8,10-13H2,1-4H3. The van der Waals surface area contributed by atoms with Crippen molar-refractivity contribution >= 4 is 0 Å². The smallest absolute Gasteiger partial charge is 0.0576 e. The molecule has 0 aromatic rings. The summed E-state index contributed by atoms with van der Waals surface area (Å²) in [7, 11) is 0. The number of hydrogen-bond donors (Lipinski definition) is 1. The van der Waals surface area contributed by atoms with E-state index < -0.39 is 0 Å². The van der Waals surface area contributed by atoms with E-state index >= 15 is 0 Å². The minimum atomic E-state index is 0.238. The van der Waals surface area contributed by atoms with Gasteiger partial charge in [0, 0.05) is 12.1 Å². The van der Waals surface area contributed by atoms with Crippen LogP contribution in [-0.4, -0.2) is 24.8 Å². The maximum absolute atomic E-state index is 5.64. The second kappa shape index (κ2) is 7.96. The van der Waals surface area contributed by atoms with Gasteiger partial charge in [0.25, 0.3) is 0 Å². The van der Waals surface area contributed by atoms with Crippen LogP contribution in [0.3, 0.4) is 0 Å². The lowest BCUT2D eigenvalue weighted by Gasteiger charge is -2.19. The molecule has 0 bridgehead atoms. The minimum Gasteiger partial charge on any atom is -0.378 e. The maximum Gasteiger partial charge on any atom is 0.0576 e. The zero-order valence-corrected chi connectivity index (χ0v) is 12.7. The van der Waals surface area contributed by atoms with Crippen LogP contribution < -0.4 is 5.32 Å². The van der Waals surface area contributed by atoms with E-state index in [0.717, 1.165) is 19.6 Å². The molecule has 0 aromatic carbocycles. The maximum atomic E-state index is 5.64. The second-order valence-corrected chi connectivity index (χ2v) is 6.54. The third-order valence-corrected chi connectivity index (χ3v) is 3.41. The van der Waals surface area contributed by atoms with E-state index in [2.05, 4.69) is 39.1 Å². The molecule has 1 aliphatic rings. The van der Waals surface area contributed by atoms with Crippen LogP contribution in [-0.2, 0) is 4.74 Å². The van der Waals surface area contributed by atoms with E-state index in [9.17, 15) is 0 Å². The van der Waals surface area contributed by atoms with Crippen LogP contribution in [0.2, 0.25) is 0 Å². The largest absolute Gasteiger partial charge is 0.378 e. The predicted octanol–water partition coefficient (Wildman–Crippen LogP) is 4.06. The third-order valence-electron chi connectivity index (χ3n) is 3.41. The fourth-order valence-corrected chi connectivity index (χ4v) is 2.35. The normalized spacial score (nSPS) is 21.6. The summed E-state index contributed by atoms with van der Waals surface area (Å²) in [5.41, 5.74) is 1.77. The topological polar surface area (TPSA) is 21.3 Å². The summed E-state index contributed by atoms with van der Waals surface area (Å²) in [5, 5.41) is 3.51. The Kier molecular flexibility index (Phi) is 6.95. The van der Waals surface area contributed by atoms with Gasteiger partial charge in [0.1, 0.15) is 0 Å². The van der Waals surface area contributed by atoms with E-state index in [0.29, 0.717) is 6.10 Å². The van der Waals surface area contributed by atoms with Crippen LogP contribution in [0.4, 0.5) is 0 Å². The Bertz CT molecular complexity index is 246. The molecule has 1 saturated heterocycles. The lowest BCUT2D eigenvalue weighted by molar-refractivity contribution is 0.102. The summed E-state index contributed by atoms with van der Waals surface area (Å²) in [5.74, 6) is 0. The fourth-order valence-electron chi connectivity index (χ4n) is 2.35. The van der Waals surface area contributed by atoms with Gasteiger partial charge in [-0.25, -0.2) is 0 Å². The van der Waals surface area contributed by atoms with Gasteiger partial charge in [0.2, 0.25) is 0 Å². The van der Waals surface area contributed by atoms with E-state index in [1.807, 2.05) is 0 Å². The molecule has 0 spiro atoms. The van der Waals surface area contributed by atoms with Crippen LogP contribution in [0.15, 0.2) is 11.6 Å². The van der Waals surface area contributed by atoms with E-state index in [4.69, 9.17) is 4.74 Å². The molecular weight excluding hydrogens is 222 g/mol. The van der Waals surface area contributed by atoms with Gasteiger partial charge in [-0.15, -0.1) is 0 Å². The Morgan fingerprint density at radius 2 is 2.17 bits per heavy atom. The molecule has 1 heterocycles. The van der Waals surface area contributed by atoms with Crippen molar-refractivity contribution in [3.05, 3.63) is 11.6 Å². The molecule has 1 aliphatic heterocycles. The molecule has 1 fully saturated rings. The van der Waals surface area contributed by atoms with Crippen molar-refractivity contribution in [1.82, 2.24) is 5.32 Å². The second-order valence-electron chi connectivity index (χ2n) is 6.54. The Morgan fingerprint density at radius 3 is 2.78 bits per heavy atom. The third kappa shape index (κ3) is 7.88. The lowest BCUT2D eigenvalue weighted by atomic mass is 10.0. The fraction of sp³-hybridized carbons (Fsp3) is 0.875. The highest BCUT2D eigenvalue weighted by Crippen LogP contribution is 2.19. The van der Waals surface area contributed by atoms with E-state index in [1.165, 1.54) is 37.7 Å². The van der Waals surface area contributed by atoms with Crippen molar-refractivity contribution < 1.29 is 4.74 Å². The van der Waals surface area contributed by atoms with Crippen LogP contribution in [0.25, 0.3) is 0 Å². The van der Waals surface area contributed by atoms with Crippen molar-refractivity contribution in [3.63, 3.8) is 0 Å². The summed E-state index contributed by atoms with van der Waals surface area (Å²) >= 11 is 0. The van der Waals surface area contributed by atoms with Crippen molar-refractivity contribution in [1.29, 1.82) is 0 Å². The van der Waals surface area contributed by atoms with Gasteiger partial charge in [-0.05, 0) is 72.8 Å². The highest BCUT2D eigenvalue weighted by Gasteiger charge is 2.14. The van der Waals surface area contributed by atoms with Gasteiger partial charge in [-0.3, -0.25) is 0 Å². The molecule has 1 atom stereocenters. The first-order chi connectivity index (χ1) is 8.47. The molecule has 106 valence electrons. The minimum absolute atomic E-state index is 0.238. The van der Waals surface area contributed by atoms with Gasteiger partial charge >= 0.3 is 0 Å². The lowest BCUT2D eigenvalue weighted by Crippen LogP contribution is -2.36. The number of nitrogens with one attached hydrogen (secondary N) is 1. The molecule has 2 heteroatoms. The number of ether oxygens (including phenoxy) is 1. The summed E-state index contributed by atoms with van der Waals surface area (Å²) in [6.45, 7) is 11.0. The zero-order chi connectivity index (χ0) is 13.4. The van der Waals surface area contributed by atoms with Gasteiger partial charge in [-0.1, -0.05) is 11.6 Å². The molecule has 18 heavy (non-hydrogen) atoms. The number of allylic oxidation sites excluding steroid dienone is 1. The molecule has 1 rings (SSSR count). The number of rotatable bonds is 7. The highest BCUT2D eigenvalue weighted by atomic mass is 16.5. The van der Waals surface area contributed by atoms with Gasteiger partial charge in [-0.2, -0.15) is 0 Å². The van der Waals surface area contributed by atoms with Crippen molar-refractivity contribution in [3.8, 4) is 0 Å². The summed E-state index contributed by atoms with van der Waals surface area (Å²) in [6, 6.07) is 0. The van der Waals surface area contributed by atoms with Gasteiger partial charge in [0.15, 0.2) is 0 Å². The van der Waals surface area contributed by atoms with E-state index in [1.54, 1.807) is 0 Å². The predicted molar refractivity (Wildman–Crippen MR) is 79.0 cm³/mol. The molecular formula is C16H31NO. The molecule has 0 aromatic heterocycles. The van der Waals surface area contributed by atoms with Crippen molar-refractivity contribution in [2.24, 2.45) is 0 Å². The van der Waals surface area contributed by atoms with Gasteiger partial charge in [0.05, 0.1) is 6.10 Å². The molecule has 0 amide bonds. The van der Waals surface area contributed by atoms with Crippen LogP contribution in [0.5, 0.6) is 0 Å². The molecule has 0 aliphatic carbocycles. The first-order valence-corrected chi connectivity index (χ1v) is 7.49. The first-order valence-electron chi connectivity index (χ1n) is 7.49. The summed E-state index contributed by atoms with van der Waals surface area (Å²) in [4.78, 5) is 0. The van der Waals surface area contributed by atoms with E-state index in [-0.39, 0.29) is 5.54 Å². The molecule has 0 radical (unpaired) electrons. The van der Waals surface area contributed by atoms with Crippen LogP contribution in [0, 0.1) is 0 Å². The molecule has 0 saturated carbocycles. The Balaban J connectivity index is 2.02. The van der Waals surface area contributed by atoms with Crippen LogP contribution in [0.1, 0.15) is 66.2 Å². The molecule has 2 nitrogen and oxygen atoms in total. The number of hydrogen-bond acceptors (Lipinski definition) is 2. The van der Waals surface area contributed by atoms with Gasteiger partial charge < -0.3 is 10.1 Å². The SMILES string of the molecule is CC(=CCCNC(C)(C)C)CCCC1CCCO1. The Hall–Kier alpha value is -0.340. The Morgan fingerprint density at radius 1 is 1.39 bits per heavy atom. The molecule has 1 unspecified atom stereocenters. The van der Waals surface area contributed by atoms with Crippen molar-refractivity contribution in [2.75, 3.05) is 13.2 Å². The summed E-state index contributed by atoms with van der Waals surface area (Å²) < 4.78 is 5.64. The quantitative estimate of drug-likeness (QED) is 0.546. The average molecular weight is 253 g/mol. The summed E-state index contributed by atoms with van der Waals surface area (Å²) in [6.07, 6.45) is 10.4. The first kappa shape index (κ1) is 15.7. The Labute approximate surface area is 113 Å². The van der Waals surface area contributed by atoms with Crippen molar-refractivity contribution in [2.45, 2.75) is 77.9 Å². The average Bonchev–Trinajstić information content (AvgIpc) is 2.76. The molecule has 1 N–H and O–H groups in total. The zero-order valence-electron chi connectivity index (χ0n) is 12.7. The monoisotopic (exact) mass is 253 g/mol. The van der Waals surface area contributed by atoms with Crippen LogP contribution >= 0.6 is 0 Å².